The molecule has 0 saturated carbocycles. The molecule has 0 bridgehead atoms. The standard InChI is InChI=1S/C16H33N3O2.2ClH/c1-11-8-19(9-12(2)21-11)16(6,7)10-18-14(20)13(17)15(3,4)5;;/h11-13H,8-10,17H2,1-7H3,(H,18,20);2*1H/t11?,12?,13-;;/m1../s1. The van der Waals surface area contributed by atoms with Crippen molar-refractivity contribution in [3.8, 4) is 0 Å². The molecule has 0 aromatic carbocycles. The number of carbonyl (C=O) groups excluding carboxylic acids is 1. The van der Waals surface area contributed by atoms with Gasteiger partial charge in [0.25, 0.3) is 0 Å². The van der Waals surface area contributed by atoms with Crippen molar-refractivity contribution in [2.45, 2.75) is 72.3 Å². The van der Waals surface area contributed by atoms with Crippen molar-refractivity contribution in [3.05, 3.63) is 0 Å². The summed E-state index contributed by atoms with van der Waals surface area (Å²) >= 11 is 0. The van der Waals surface area contributed by atoms with Gasteiger partial charge >= 0.3 is 0 Å². The second kappa shape index (κ2) is 9.42. The third kappa shape index (κ3) is 7.57. The molecule has 0 aliphatic carbocycles. The van der Waals surface area contributed by atoms with Gasteiger partial charge in [0.2, 0.25) is 5.91 Å². The summed E-state index contributed by atoms with van der Waals surface area (Å²) in [5, 5.41) is 3.01. The summed E-state index contributed by atoms with van der Waals surface area (Å²) in [7, 11) is 0. The topological polar surface area (TPSA) is 67.6 Å². The highest BCUT2D eigenvalue weighted by Gasteiger charge is 2.34. The molecule has 1 aliphatic rings. The lowest BCUT2D eigenvalue weighted by Crippen LogP contribution is -2.60. The fraction of sp³-hybridized carbons (Fsp3) is 0.938. The normalized spacial score (nSPS) is 24.2. The van der Waals surface area contributed by atoms with E-state index < -0.39 is 6.04 Å². The number of hydrogen-bond donors (Lipinski definition) is 2. The van der Waals surface area contributed by atoms with Crippen LogP contribution in [0.2, 0.25) is 0 Å². The summed E-state index contributed by atoms with van der Waals surface area (Å²) in [6.07, 6.45) is 0.445. The molecule has 1 amide bonds. The van der Waals surface area contributed by atoms with E-state index in [-0.39, 0.29) is 53.9 Å². The number of halogens is 2. The zero-order valence-electron chi connectivity index (χ0n) is 15.5. The Balaban J connectivity index is 0. The first-order valence-corrected chi connectivity index (χ1v) is 7.87. The molecule has 0 aromatic heterocycles. The number of rotatable bonds is 4. The van der Waals surface area contributed by atoms with Gasteiger partial charge in [-0.25, -0.2) is 0 Å². The third-order valence-electron chi connectivity index (χ3n) is 4.19. The molecule has 0 aromatic rings. The van der Waals surface area contributed by atoms with Crippen LogP contribution >= 0.6 is 24.8 Å². The molecule has 2 unspecified atom stereocenters. The van der Waals surface area contributed by atoms with Crippen molar-refractivity contribution < 1.29 is 9.53 Å². The zero-order valence-corrected chi connectivity index (χ0v) is 17.1. The lowest BCUT2D eigenvalue weighted by molar-refractivity contribution is -0.126. The molecular weight excluding hydrogens is 337 g/mol. The number of morpholine rings is 1. The van der Waals surface area contributed by atoms with Gasteiger partial charge in [-0.1, -0.05) is 20.8 Å². The fourth-order valence-corrected chi connectivity index (χ4v) is 2.59. The summed E-state index contributed by atoms with van der Waals surface area (Å²) in [5.41, 5.74) is 5.66. The van der Waals surface area contributed by atoms with E-state index >= 15 is 0 Å². The highest BCUT2D eigenvalue weighted by molar-refractivity contribution is 5.85. The monoisotopic (exact) mass is 371 g/mol. The van der Waals surface area contributed by atoms with Crippen LogP contribution in [-0.4, -0.2) is 54.2 Å². The van der Waals surface area contributed by atoms with Crippen LogP contribution in [0.3, 0.4) is 0 Å². The summed E-state index contributed by atoms with van der Waals surface area (Å²) in [5.74, 6) is -0.0788. The number of carbonyl (C=O) groups is 1. The van der Waals surface area contributed by atoms with E-state index in [1.54, 1.807) is 0 Å². The minimum atomic E-state index is -0.490. The first-order chi connectivity index (χ1) is 9.43. The molecule has 7 heteroatoms. The third-order valence-corrected chi connectivity index (χ3v) is 4.19. The lowest BCUT2D eigenvalue weighted by Gasteiger charge is -2.45. The van der Waals surface area contributed by atoms with Gasteiger partial charge in [-0.2, -0.15) is 0 Å². The minimum absolute atomic E-state index is 0. The molecular formula is C16H35Cl2N3O2. The van der Waals surface area contributed by atoms with E-state index in [2.05, 4.69) is 37.9 Å². The molecule has 23 heavy (non-hydrogen) atoms. The van der Waals surface area contributed by atoms with Gasteiger partial charge in [0.15, 0.2) is 0 Å². The number of nitrogens with two attached hydrogens (primary N) is 1. The second-order valence-electron chi connectivity index (χ2n) is 8.04. The average molecular weight is 372 g/mol. The molecule has 3 N–H and O–H groups in total. The first-order valence-electron chi connectivity index (χ1n) is 7.87. The van der Waals surface area contributed by atoms with Crippen molar-refractivity contribution >= 4 is 30.7 Å². The molecule has 1 aliphatic heterocycles. The Hall–Kier alpha value is -0.0700. The van der Waals surface area contributed by atoms with Crippen LogP contribution in [0.4, 0.5) is 0 Å². The number of amides is 1. The largest absolute Gasteiger partial charge is 0.373 e. The zero-order chi connectivity index (χ0) is 16.4. The van der Waals surface area contributed by atoms with Gasteiger partial charge in [-0.15, -0.1) is 24.8 Å². The Labute approximate surface area is 153 Å². The van der Waals surface area contributed by atoms with Gasteiger partial charge in [0, 0.05) is 25.2 Å². The van der Waals surface area contributed by atoms with Crippen LogP contribution < -0.4 is 11.1 Å². The summed E-state index contributed by atoms with van der Waals surface area (Å²) < 4.78 is 5.77. The molecule has 1 saturated heterocycles. The molecule has 5 nitrogen and oxygen atoms in total. The Bertz CT molecular complexity index is 363. The van der Waals surface area contributed by atoms with Gasteiger partial charge in [-0.05, 0) is 33.1 Å². The highest BCUT2D eigenvalue weighted by Crippen LogP contribution is 2.21. The fourth-order valence-electron chi connectivity index (χ4n) is 2.59. The number of nitrogens with zero attached hydrogens (tertiary/aromatic N) is 1. The van der Waals surface area contributed by atoms with Crippen LogP contribution in [0.25, 0.3) is 0 Å². The van der Waals surface area contributed by atoms with E-state index in [1.807, 2.05) is 20.8 Å². The molecule has 140 valence electrons. The SMILES string of the molecule is CC1CN(C(C)(C)CNC(=O)[C@@H](N)C(C)(C)C)CC(C)O1.Cl.Cl. The Morgan fingerprint density at radius 2 is 1.61 bits per heavy atom. The van der Waals surface area contributed by atoms with E-state index in [1.165, 1.54) is 0 Å². The van der Waals surface area contributed by atoms with E-state index in [9.17, 15) is 4.79 Å². The van der Waals surface area contributed by atoms with Crippen molar-refractivity contribution in [2.24, 2.45) is 11.1 Å². The van der Waals surface area contributed by atoms with Crippen LogP contribution in [0, 0.1) is 5.41 Å². The van der Waals surface area contributed by atoms with E-state index in [0.29, 0.717) is 6.54 Å². The Kier molecular flexibility index (Phi) is 10.3. The maximum Gasteiger partial charge on any atom is 0.237 e. The molecule has 0 spiro atoms. The van der Waals surface area contributed by atoms with Gasteiger partial charge in [-0.3, -0.25) is 9.69 Å². The molecule has 1 heterocycles. The smallest absolute Gasteiger partial charge is 0.237 e. The second-order valence-corrected chi connectivity index (χ2v) is 8.04. The maximum atomic E-state index is 12.2. The molecule has 3 atom stereocenters. The van der Waals surface area contributed by atoms with E-state index in [0.717, 1.165) is 13.1 Å². The van der Waals surface area contributed by atoms with Crippen molar-refractivity contribution in [3.63, 3.8) is 0 Å². The number of hydrogen-bond acceptors (Lipinski definition) is 4. The minimum Gasteiger partial charge on any atom is -0.373 e. The molecule has 1 rings (SSSR count). The first kappa shape index (κ1) is 25.2. The average Bonchev–Trinajstić information content (AvgIpc) is 2.32. The van der Waals surface area contributed by atoms with Gasteiger partial charge < -0.3 is 15.8 Å². The van der Waals surface area contributed by atoms with Crippen LogP contribution in [0.5, 0.6) is 0 Å². The molecule has 0 radical (unpaired) electrons. The lowest BCUT2D eigenvalue weighted by atomic mass is 9.86. The number of nitrogens with one attached hydrogen (secondary N) is 1. The quantitative estimate of drug-likeness (QED) is 0.794. The summed E-state index contributed by atoms with van der Waals surface area (Å²) in [6.45, 7) is 16.8. The Morgan fingerprint density at radius 3 is 2.00 bits per heavy atom. The predicted octanol–water partition coefficient (Wildman–Crippen LogP) is 2.21. The van der Waals surface area contributed by atoms with Crippen molar-refractivity contribution in [1.82, 2.24) is 10.2 Å². The summed E-state index contributed by atoms with van der Waals surface area (Å²) in [6, 6.07) is -0.490. The van der Waals surface area contributed by atoms with Crippen LogP contribution in [0.15, 0.2) is 0 Å². The predicted molar refractivity (Wildman–Crippen MR) is 101 cm³/mol. The Morgan fingerprint density at radius 1 is 1.17 bits per heavy atom. The van der Waals surface area contributed by atoms with Crippen LogP contribution in [0.1, 0.15) is 48.5 Å². The van der Waals surface area contributed by atoms with Gasteiger partial charge in [0.1, 0.15) is 0 Å². The van der Waals surface area contributed by atoms with Crippen LogP contribution in [-0.2, 0) is 9.53 Å². The number of ether oxygens (including phenoxy) is 1. The van der Waals surface area contributed by atoms with Crippen molar-refractivity contribution in [2.75, 3.05) is 19.6 Å². The van der Waals surface area contributed by atoms with Gasteiger partial charge in [0.05, 0.1) is 18.2 Å². The van der Waals surface area contributed by atoms with Crippen molar-refractivity contribution in [1.29, 1.82) is 0 Å². The maximum absolute atomic E-state index is 12.2. The van der Waals surface area contributed by atoms with E-state index in [4.69, 9.17) is 10.5 Å². The summed E-state index contributed by atoms with van der Waals surface area (Å²) in [4.78, 5) is 14.6. The highest BCUT2D eigenvalue weighted by atomic mass is 35.5. The molecule has 1 fully saturated rings.